The second kappa shape index (κ2) is 8.83. The van der Waals surface area contributed by atoms with Gasteiger partial charge in [0.05, 0.1) is 20.3 Å². The van der Waals surface area contributed by atoms with Gasteiger partial charge in [0.25, 0.3) is 0 Å². The Balaban J connectivity index is 1.42. The minimum atomic E-state index is -0.197. The molecule has 158 valence electrons. The molecule has 0 radical (unpaired) electrons. The molecule has 0 bridgehead atoms. The lowest BCUT2D eigenvalue weighted by atomic mass is 10.0. The highest BCUT2D eigenvalue weighted by Crippen LogP contribution is 2.30. The molecule has 1 N–H and O–H groups in total. The van der Waals surface area contributed by atoms with Gasteiger partial charge in [0.2, 0.25) is 11.7 Å². The number of carbonyl (C=O) groups excluding carboxylic acids is 1. The van der Waals surface area contributed by atoms with Crippen LogP contribution in [0.3, 0.4) is 0 Å². The lowest BCUT2D eigenvalue weighted by Crippen LogP contribution is -2.30. The molecule has 1 aromatic heterocycles. The zero-order valence-corrected chi connectivity index (χ0v) is 17.6. The van der Waals surface area contributed by atoms with Crippen molar-refractivity contribution in [2.75, 3.05) is 14.2 Å². The fourth-order valence-electron chi connectivity index (χ4n) is 3.38. The molecule has 1 unspecified atom stereocenters. The van der Waals surface area contributed by atoms with Crippen LogP contribution in [-0.4, -0.2) is 40.3 Å². The highest BCUT2D eigenvalue weighted by Gasteiger charge is 2.14. The molecule has 4 aromatic rings. The number of nitrogens with one attached hydrogen (secondary N) is 1. The van der Waals surface area contributed by atoms with Gasteiger partial charge in [0, 0.05) is 5.56 Å². The topological polar surface area (TPSA) is 91.2 Å². The summed E-state index contributed by atoms with van der Waals surface area (Å²) >= 11 is 0. The summed E-state index contributed by atoms with van der Waals surface area (Å²) in [6.45, 7) is 1.92. The molecule has 8 nitrogen and oxygen atoms in total. The molecular weight excluding hydrogens is 394 g/mol. The largest absolute Gasteiger partial charge is 0.493 e. The van der Waals surface area contributed by atoms with Crippen LogP contribution in [-0.2, 0) is 11.3 Å². The SMILES string of the molecule is COc1ccc(-c2nnn(CC(=O)NC(C)c3ccc4ccccc4c3)n2)cc1OC. The summed E-state index contributed by atoms with van der Waals surface area (Å²) in [5.74, 6) is 1.38. The first-order valence-corrected chi connectivity index (χ1v) is 9.85. The van der Waals surface area contributed by atoms with Gasteiger partial charge >= 0.3 is 0 Å². The van der Waals surface area contributed by atoms with Crippen LogP contribution in [0.25, 0.3) is 22.2 Å². The fraction of sp³-hybridized carbons (Fsp3) is 0.217. The molecule has 0 aliphatic rings. The van der Waals surface area contributed by atoms with Crippen molar-refractivity contribution in [1.29, 1.82) is 0 Å². The van der Waals surface area contributed by atoms with E-state index >= 15 is 0 Å². The molecule has 1 heterocycles. The van der Waals surface area contributed by atoms with Gasteiger partial charge in [-0.25, -0.2) is 0 Å². The first-order chi connectivity index (χ1) is 15.1. The Kier molecular flexibility index (Phi) is 5.79. The second-order valence-electron chi connectivity index (χ2n) is 7.11. The number of benzene rings is 3. The van der Waals surface area contributed by atoms with Crippen molar-refractivity contribution in [3.05, 3.63) is 66.2 Å². The summed E-state index contributed by atoms with van der Waals surface area (Å²) in [7, 11) is 3.14. The van der Waals surface area contributed by atoms with Gasteiger partial charge in [-0.1, -0.05) is 36.4 Å². The molecule has 3 aromatic carbocycles. The van der Waals surface area contributed by atoms with E-state index in [0.29, 0.717) is 22.9 Å². The third-order valence-electron chi connectivity index (χ3n) is 5.03. The summed E-state index contributed by atoms with van der Waals surface area (Å²) in [5.41, 5.74) is 1.75. The lowest BCUT2D eigenvalue weighted by Gasteiger charge is -2.14. The predicted molar refractivity (Wildman–Crippen MR) is 117 cm³/mol. The van der Waals surface area contributed by atoms with Gasteiger partial charge in [0.1, 0.15) is 6.54 Å². The summed E-state index contributed by atoms with van der Waals surface area (Å²) in [6, 6.07) is 19.5. The van der Waals surface area contributed by atoms with Gasteiger partial charge < -0.3 is 14.8 Å². The van der Waals surface area contributed by atoms with Crippen molar-refractivity contribution in [2.24, 2.45) is 0 Å². The van der Waals surface area contributed by atoms with E-state index in [0.717, 1.165) is 10.9 Å². The molecule has 1 atom stereocenters. The maximum Gasteiger partial charge on any atom is 0.244 e. The van der Waals surface area contributed by atoms with Crippen molar-refractivity contribution < 1.29 is 14.3 Å². The minimum absolute atomic E-state index is 0.0296. The van der Waals surface area contributed by atoms with Crippen molar-refractivity contribution in [3.8, 4) is 22.9 Å². The van der Waals surface area contributed by atoms with E-state index in [2.05, 4.69) is 45.0 Å². The highest BCUT2D eigenvalue weighted by molar-refractivity contribution is 5.83. The third kappa shape index (κ3) is 4.48. The number of amides is 1. The Labute approximate surface area is 179 Å². The molecular formula is C23H23N5O3. The van der Waals surface area contributed by atoms with Crippen molar-refractivity contribution in [1.82, 2.24) is 25.5 Å². The van der Waals surface area contributed by atoms with E-state index in [9.17, 15) is 4.79 Å². The molecule has 4 rings (SSSR count). The third-order valence-corrected chi connectivity index (χ3v) is 5.03. The van der Waals surface area contributed by atoms with E-state index in [4.69, 9.17) is 9.47 Å². The fourth-order valence-corrected chi connectivity index (χ4v) is 3.38. The Morgan fingerprint density at radius 2 is 1.77 bits per heavy atom. The maximum absolute atomic E-state index is 12.5. The van der Waals surface area contributed by atoms with Crippen LogP contribution in [0.15, 0.2) is 60.7 Å². The summed E-state index contributed by atoms with van der Waals surface area (Å²) in [5, 5.41) is 17.6. The first-order valence-electron chi connectivity index (χ1n) is 9.85. The van der Waals surface area contributed by atoms with Gasteiger partial charge in [-0.2, -0.15) is 4.80 Å². The number of rotatable bonds is 7. The van der Waals surface area contributed by atoms with Crippen LogP contribution in [0, 0.1) is 0 Å². The molecule has 0 spiro atoms. The smallest absolute Gasteiger partial charge is 0.244 e. The van der Waals surface area contributed by atoms with Crippen LogP contribution in [0.1, 0.15) is 18.5 Å². The molecule has 0 saturated heterocycles. The number of nitrogens with zero attached hydrogens (tertiary/aromatic N) is 4. The van der Waals surface area contributed by atoms with Crippen LogP contribution in [0.5, 0.6) is 11.5 Å². The molecule has 31 heavy (non-hydrogen) atoms. The lowest BCUT2D eigenvalue weighted by molar-refractivity contribution is -0.122. The van der Waals surface area contributed by atoms with Gasteiger partial charge in [0.15, 0.2) is 11.5 Å². The number of fused-ring (bicyclic) bond motifs is 1. The molecule has 0 fully saturated rings. The van der Waals surface area contributed by atoms with Gasteiger partial charge in [-0.15, -0.1) is 10.2 Å². The summed E-state index contributed by atoms with van der Waals surface area (Å²) in [4.78, 5) is 13.8. The Bertz CT molecular complexity index is 1220. The Morgan fingerprint density at radius 1 is 1.00 bits per heavy atom. The first kappa shape index (κ1) is 20.3. The summed E-state index contributed by atoms with van der Waals surface area (Å²) < 4.78 is 10.6. The number of hydrogen-bond acceptors (Lipinski definition) is 6. The Morgan fingerprint density at radius 3 is 2.55 bits per heavy atom. The zero-order chi connectivity index (χ0) is 21.8. The maximum atomic E-state index is 12.5. The van der Waals surface area contributed by atoms with E-state index in [1.54, 1.807) is 26.4 Å². The van der Waals surface area contributed by atoms with Crippen molar-refractivity contribution >= 4 is 16.7 Å². The van der Waals surface area contributed by atoms with Crippen molar-refractivity contribution in [3.63, 3.8) is 0 Å². The number of hydrogen-bond donors (Lipinski definition) is 1. The molecule has 0 aliphatic carbocycles. The van der Waals surface area contributed by atoms with Gasteiger partial charge in [-0.3, -0.25) is 4.79 Å². The normalized spacial score (nSPS) is 11.8. The van der Waals surface area contributed by atoms with Crippen LogP contribution < -0.4 is 14.8 Å². The zero-order valence-electron chi connectivity index (χ0n) is 17.6. The van der Waals surface area contributed by atoms with Crippen molar-refractivity contribution in [2.45, 2.75) is 19.5 Å². The van der Waals surface area contributed by atoms with Gasteiger partial charge in [-0.05, 0) is 52.7 Å². The predicted octanol–water partition coefficient (Wildman–Crippen LogP) is 3.39. The van der Waals surface area contributed by atoms with E-state index < -0.39 is 0 Å². The molecule has 8 heteroatoms. The van der Waals surface area contributed by atoms with Crippen LogP contribution in [0.4, 0.5) is 0 Å². The molecule has 0 saturated carbocycles. The average molecular weight is 417 g/mol. The number of ether oxygens (including phenoxy) is 2. The molecule has 0 aliphatic heterocycles. The summed E-state index contributed by atoms with van der Waals surface area (Å²) in [6.07, 6.45) is 0. The van der Waals surface area contributed by atoms with E-state index in [-0.39, 0.29) is 18.5 Å². The minimum Gasteiger partial charge on any atom is -0.493 e. The van der Waals surface area contributed by atoms with E-state index in [1.165, 1.54) is 10.2 Å². The Hall–Kier alpha value is -3.94. The average Bonchev–Trinajstić information content (AvgIpc) is 3.26. The van der Waals surface area contributed by atoms with E-state index in [1.807, 2.05) is 31.2 Å². The number of carbonyl (C=O) groups is 1. The number of tetrazole rings is 1. The highest BCUT2D eigenvalue weighted by atomic mass is 16.5. The number of aromatic nitrogens is 4. The monoisotopic (exact) mass is 417 g/mol. The number of methoxy groups -OCH3 is 2. The standard InChI is InChI=1S/C23H23N5O3/c1-15(17-9-8-16-6-4-5-7-18(16)12-17)24-22(29)14-28-26-23(25-27-28)19-10-11-20(30-2)21(13-19)31-3/h4-13,15H,14H2,1-3H3,(H,24,29). The quantitative estimate of drug-likeness (QED) is 0.496. The van der Waals surface area contributed by atoms with Crippen LogP contribution in [0.2, 0.25) is 0 Å². The van der Waals surface area contributed by atoms with Crippen LogP contribution >= 0.6 is 0 Å². The second-order valence-corrected chi connectivity index (χ2v) is 7.11. The molecule has 1 amide bonds.